The van der Waals surface area contributed by atoms with Gasteiger partial charge >= 0.3 is 5.97 Å². The third kappa shape index (κ3) is 2.34. The van der Waals surface area contributed by atoms with Gasteiger partial charge in [0.2, 0.25) is 5.91 Å². The first-order valence-electron chi connectivity index (χ1n) is 8.68. The molecule has 3 aliphatic rings. The van der Waals surface area contributed by atoms with Gasteiger partial charge in [0.05, 0.1) is 12.5 Å². The quantitative estimate of drug-likeness (QED) is 0.917. The molecule has 0 radical (unpaired) electrons. The lowest BCUT2D eigenvalue weighted by Crippen LogP contribution is -2.39. The zero-order valence-electron chi connectivity index (χ0n) is 13.9. The molecule has 1 N–H and O–H groups in total. The topological polar surface area (TPSA) is 66.8 Å². The Hall–Kier alpha value is -1.88. The molecular formula is C19H23NO4. The fourth-order valence-corrected chi connectivity index (χ4v) is 4.83. The SMILES string of the molecule is COC1CC(CC(=O)O)N(C(=O)C2CC23CCc2ccccc23)C1. The van der Waals surface area contributed by atoms with Crippen molar-refractivity contribution in [2.75, 3.05) is 13.7 Å². The average molecular weight is 329 g/mol. The van der Waals surface area contributed by atoms with Crippen LogP contribution in [0.4, 0.5) is 0 Å². The molecule has 4 unspecified atom stereocenters. The summed E-state index contributed by atoms with van der Waals surface area (Å²) in [6.07, 6.45) is 3.54. The number of benzene rings is 1. The van der Waals surface area contributed by atoms with Crippen LogP contribution in [0.5, 0.6) is 0 Å². The second-order valence-electron chi connectivity index (χ2n) is 7.41. The van der Waals surface area contributed by atoms with E-state index in [2.05, 4.69) is 24.3 Å². The molecule has 1 aliphatic heterocycles. The maximum absolute atomic E-state index is 13.1. The van der Waals surface area contributed by atoms with Crippen LogP contribution in [-0.4, -0.2) is 47.7 Å². The van der Waals surface area contributed by atoms with Gasteiger partial charge in [-0.05, 0) is 36.8 Å². The van der Waals surface area contributed by atoms with Crippen molar-refractivity contribution in [1.29, 1.82) is 0 Å². The Bertz CT molecular complexity index is 688. The summed E-state index contributed by atoms with van der Waals surface area (Å²) in [5, 5.41) is 9.14. The monoisotopic (exact) mass is 329 g/mol. The molecular weight excluding hydrogens is 306 g/mol. The van der Waals surface area contributed by atoms with E-state index in [0.29, 0.717) is 13.0 Å². The van der Waals surface area contributed by atoms with Gasteiger partial charge in [-0.2, -0.15) is 0 Å². The zero-order valence-corrected chi connectivity index (χ0v) is 13.9. The largest absolute Gasteiger partial charge is 0.481 e. The minimum Gasteiger partial charge on any atom is -0.481 e. The molecule has 5 nitrogen and oxygen atoms in total. The van der Waals surface area contributed by atoms with Crippen LogP contribution < -0.4 is 0 Å². The van der Waals surface area contributed by atoms with Gasteiger partial charge in [0, 0.05) is 31.0 Å². The molecule has 1 saturated carbocycles. The maximum Gasteiger partial charge on any atom is 0.305 e. The molecule has 1 aromatic carbocycles. The van der Waals surface area contributed by atoms with Crippen molar-refractivity contribution in [3.05, 3.63) is 35.4 Å². The van der Waals surface area contributed by atoms with E-state index >= 15 is 0 Å². The highest BCUT2D eigenvalue weighted by atomic mass is 16.5. The molecule has 0 bridgehead atoms. The Morgan fingerprint density at radius 1 is 1.38 bits per heavy atom. The molecule has 1 spiro atoms. The number of carboxylic acids is 1. The van der Waals surface area contributed by atoms with Crippen molar-refractivity contribution in [2.24, 2.45) is 5.92 Å². The number of fused-ring (bicyclic) bond motifs is 2. The highest BCUT2D eigenvalue weighted by Gasteiger charge is 2.62. The van der Waals surface area contributed by atoms with Crippen molar-refractivity contribution in [3.63, 3.8) is 0 Å². The number of carbonyl (C=O) groups excluding carboxylic acids is 1. The first-order valence-corrected chi connectivity index (χ1v) is 8.68. The van der Waals surface area contributed by atoms with Crippen LogP contribution in [0.1, 0.15) is 36.8 Å². The summed E-state index contributed by atoms with van der Waals surface area (Å²) in [5.41, 5.74) is 2.71. The second kappa shape index (κ2) is 5.59. The Balaban J connectivity index is 1.53. The van der Waals surface area contributed by atoms with Gasteiger partial charge in [0.25, 0.3) is 0 Å². The summed E-state index contributed by atoms with van der Waals surface area (Å²) in [6.45, 7) is 0.515. The summed E-state index contributed by atoms with van der Waals surface area (Å²) < 4.78 is 5.39. The van der Waals surface area contributed by atoms with Gasteiger partial charge in [0.1, 0.15) is 0 Å². The van der Waals surface area contributed by atoms with Gasteiger partial charge in [-0.25, -0.2) is 0 Å². The molecule has 1 amide bonds. The van der Waals surface area contributed by atoms with Gasteiger partial charge in [-0.3, -0.25) is 9.59 Å². The summed E-state index contributed by atoms with van der Waals surface area (Å²) in [7, 11) is 1.63. The van der Waals surface area contributed by atoms with E-state index in [-0.39, 0.29) is 35.8 Å². The van der Waals surface area contributed by atoms with E-state index in [9.17, 15) is 9.59 Å². The van der Waals surface area contributed by atoms with Crippen LogP contribution in [0.25, 0.3) is 0 Å². The number of likely N-dealkylation sites (tertiary alicyclic amines) is 1. The van der Waals surface area contributed by atoms with Crippen molar-refractivity contribution in [3.8, 4) is 0 Å². The van der Waals surface area contributed by atoms with Crippen molar-refractivity contribution >= 4 is 11.9 Å². The molecule has 4 rings (SSSR count). The van der Waals surface area contributed by atoms with Crippen LogP contribution in [0.15, 0.2) is 24.3 Å². The van der Waals surface area contributed by atoms with Crippen LogP contribution in [0, 0.1) is 5.92 Å². The van der Waals surface area contributed by atoms with Crippen LogP contribution >= 0.6 is 0 Å². The molecule has 24 heavy (non-hydrogen) atoms. The fraction of sp³-hybridized carbons (Fsp3) is 0.579. The average Bonchev–Trinajstić information content (AvgIpc) is 2.98. The number of aryl methyl sites for hydroxylation is 1. The Morgan fingerprint density at radius 2 is 2.17 bits per heavy atom. The molecule has 0 aromatic heterocycles. The number of rotatable bonds is 4. The number of amides is 1. The Morgan fingerprint density at radius 3 is 2.92 bits per heavy atom. The van der Waals surface area contributed by atoms with Gasteiger partial charge in [-0.15, -0.1) is 0 Å². The minimum atomic E-state index is -0.855. The summed E-state index contributed by atoms with van der Waals surface area (Å²) in [4.78, 5) is 26.0. The van der Waals surface area contributed by atoms with E-state index < -0.39 is 5.97 Å². The number of carboxylic acid groups (broad SMARTS) is 1. The number of carbonyl (C=O) groups is 2. The fourth-order valence-electron chi connectivity index (χ4n) is 4.83. The normalized spacial score (nSPS) is 33.7. The smallest absolute Gasteiger partial charge is 0.305 e. The second-order valence-corrected chi connectivity index (χ2v) is 7.41. The zero-order chi connectivity index (χ0) is 16.9. The summed E-state index contributed by atoms with van der Waals surface area (Å²) >= 11 is 0. The van der Waals surface area contributed by atoms with E-state index in [4.69, 9.17) is 9.84 Å². The maximum atomic E-state index is 13.1. The van der Waals surface area contributed by atoms with Gasteiger partial charge in [-0.1, -0.05) is 24.3 Å². The highest BCUT2D eigenvalue weighted by Crippen LogP contribution is 2.62. The van der Waals surface area contributed by atoms with E-state index in [1.54, 1.807) is 12.0 Å². The minimum absolute atomic E-state index is 0.00189. The van der Waals surface area contributed by atoms with E-state index in [1.807, 2.05) is 0 Å². The Labute approximate surface area is 141 Å². The number of nitrogens with zero attached hydrogens (tertiary/aromatic N) is 1. The summed E-state index contributed by atoms with van der Waals surface area (Å²) in [5.74, 6) is -0.725. The molecule has 2 aliphatic carbocycles. The van der Waals surface area contributed by atoms with Crippen LogP contribution in [0.3, 0.4) is 0 Å². The van der Waals surface area contributed by atoms with Crippen molar-refractivity contribution < 1.29 is 19.4 Å². The number of aliphatic carboxylic acids is 1. The van der Waals surface area contributed by atoms with Gasteiger partial charge < -0.3 is 14.7 Å². The standard InChI is InChI=1S/C19H23NO4/c1-24-14-8-13(9-17(21)22)20(11-14)18(23)16-10-19(16)7-6-12-4-2-3-5-15(12)19/h2-5,13-14,16H,6-11H2,1H3,(H,21,22). The first-order chi connectivity index (χ1) is 11.5. The van der Waals surface area contributed by atoms with Crippen LogP contribution in [0.2, 0.25) is 0 Å². The third-order valence-corrected chi connectivity index (χ3v) is 6.17. The third-order valence-electron chi connectivity index (χ3n) is 6.17. The lowest BCUT2D eigenvalue weighted by Gasteiger charge is -2.24. The lowest BCUT2D eigenvalue weighted by atomic mass is 9.95. The molecule has 128 valence electrons. The molecule has 5 heteroatoms. The van der Waals surface area contributed by atoms with E-state index in [0.717, 1.165) is 19.3 Å². The number of hydrogen-bond acceptors (Lipinski definition) is 3. The van der Waals surface area contributed by atoms with Gasteiger partial charge in [0.15, 0.2) is 0 Å². The number of hydrogen-bond donors (Lipinski definition) is 1. The Kier molecular flexibility index (Phi) is 3.64. The van der Waals surface area contributed by atoms with Crippen molar-refractivity contribution in [1.82, 2.24) is 4.90 Å². The molecule has 1 heterocycles. The molecule has 2 fully saturated rings. The highest BCUT2D eigenvalue weighted by molar-refractivity contribution is 5.86. The molecule has 1 saturated heterocycles. The first kappa shape index (κ1) is 15.6. The molecule has 4 atom stereocenters. The predicted molar refractivity (Wildman–Crippen MR) is 87.7 cm³/mol. The number of methoxy groups -OCH3 is 1. The van der Waals surface area contributed by atoms with Crippen LogP contribution in [-0.2, 0) is 26.2 Å². The van der Waals surface area contributed by atoms with Crippen molar-refractivity contribution in [2.45, 2.75) is 49.7 Å². The molecule has 1 aromatic rings. The van der Waals surface area contributed by atoms with E-state index in [1.165, 1.54) is 11.1 Å². The predicted octanol–water partition coefficient (Wildman–Crippen LogP) is 1.98. The summed E-state index contributed by atoms with van der Waals surface area (Å²) in [6, 6.07) is 8.19. The lowest BCUT2D eigenvalue weighted by molar-refractivity contribution is -0.140. The number of ether oxygens (including phenoxy) is 1.